The van der Waals surface area contributed by atoms with E-state index in [0.717, 1.165) is 0 Å². The number of halogens is 1. The lowest BCUT2D eigenvalue weighted by Gasteiger charge is -2.05. The van der Waals surface area contributed by atoms with Crippen LogP contribution in [0.25, 0.3) is 0 Å². The summed E-state index contributed by atoms with van der Waals surface area (Å²) in [6, 6.07) is 4.75. The molecule has 74 valence electrons. The second-order valence-electron chi connectivity index (χ2n) is 2.83. The van der Waals surface area contributed by atoms with Crippen molar-refractivity contribution in [2.45, 2.75) is 11.8 Å². The highest BCUT2D eigenvalue weighted by molar-refractivity contribution is 7.91. The van der Waals surface area contributed by atoms with Crippen molar-refractivity contribution in [3.05, 3.63) is 28.8 Å². The molecular formula is C10H9ClO2S. The van der Waals surface area contributed by atoms with Crippen LogP contribution in [0, 0.1) is 19.3 Å². The summed E-state index contributed by atoms with van der Waals surface area (Å²) in [5, 5.41) is 0.433. The van der Waals surface area contributed by atoms with Crippen molar-refractivity contribution >= 4 is 21.4 Å². The summed E-state index contributed by atoms with van der Waals surface area (Å²) < 4.78 is 23.2. The van der Waals surface area contributed by atoms with E-state index in [-0.39, 0.29) is 10.6 Å². The van der Waals surface area contributed by atoms with Crippen LogP contribution in [0.4, 0.5) is 0 Å². The van der Waals surface area contributed by atoms with Gasteiger partial charge >= 0.3 is 0 Å². The summed E-state index contributed by atoms with van der Waals surface area (Å²) in [6.07, 6.45) is 4.98. The molecule has 0 unspecified atom stereocenters. The number of hydrogen-bond acceptors (Lipinski definition) is 2. The SMILES string of the molecule is C#CCS(=O)(=O)c1cccc(Cl)c1C. The zero-order valence-corrected chi connectivity index (χ0v) is 9.19. The van der Waals surface area contributed by atoms with Gasteiger partial charge in [0.05, 0.1) is 4.90 Å². The van der Waals surface area contributed by atoms with Crippen LogP contribution in [0.5, 0.6) is 0 Å². The molecule has 0 atom stereocenters. The molecule has 0 amide bonds. The molecule has 0 aliphatic heterocycles. The topological polar surface area (TPSA) is 34.1 Å². The Labute approximate surface area is 88.8 Å². The van der Waals surface area contributed by atoms with Crippen LogP contribution in [0.15, 0.2) is 23.1 Å². The second-order valence-corrected chi connectivity index (χ2v) is 5.19. The predicted octanol–water partition coefficient (Wildman–Crippen LogP) is 2.06. The quantitative estimate of drug-likeness (QED) is 0.727. The molecule has 4 heteroatoms. The number of sulfone groups is 1. The Morgan fingerprint density at radius 2 is 2.14 bits per heavy atom. The van der Waals surface area contributed by atoms with E-state index in [2.05, 4.69) is 5.92 Å². The summed E-state index contributed by atoms with van der Waals surface area (Å²) in [5.41, 5.74) is 0.546. The largest absolute Gasteiger partial charge is 0.223 e. The van der Waals surface area contributed by atoms with Crippen LogP contribution in [-0.4, -0.2) is 14.2 Å². The third-order valence-corrected chi connectivity index (χ3v) is 3.89. The summed E-state index contributed by atoms with van der Waals surface area (Å²) in [7, 11) is -3.38. The molecule has 1 aromatic carbocycles. The molecule has 1 rings (SSSR count). The van der Waals surface area contributed by atoms with Gasteiger partial charge in [0.25, 0.3) is 0 Å². The van der Waals surface area contributed by atoms with E-state index in [9.17, 15) is 8.42 Å². The Morgan fingerprint density at radius 1 is 1.50 bits per heavy atom. The third kappa shape index (κ3) is 2.09. The molecule has 14 heavy (non-hydrogen) atoms. The predicted molar refractivity (Wildman–Crippen MR) is 57.1 cm³/mol. The van der Waals surface area contributed by atoms with E-state index in [1.54, 1.807) is 19.1 Å². The molecule has 0 aliphatic rings. The van der Waals surface area contributed by atoms with Gasteiger partial charge < -0.3 is 0 Å². The van der Waals surface area contributed by atoms with Crippen molar-refractivity contribution in [2.75, 3.05) is 5.75 Å². The zero-order valence-electron chi connectivity index (χ0n) is 7.62. The van der Waals surface area contributed by atoms with Crippen molar-refractivity contribution in [1.29, 1.82) is 0 Å². The zero-order chi connectivity index (χ0) is 10.8. The maximum Gasteiger partial charge on any atom is 0.189 e. The van der Waals surface area contributed by atoms with Crippen LogP contribution in [-0.2, 0) is 9.84 Å². The molecule has 0 radical (unpaired) electrons. The lowest BCUT2D eigenvalue weighted by Crippen LogP contribution is -2.06. The van der Waals surface area contributed by atoms with Crippen molar-refractivity contribution < 1.29 is 8.42 Å². The van der Waals surface area contributed by atoms with Crippen LogP contribution in [0.3, 0.4) is 0 Å². The van der Waals surface area contributed by atoms with E-state index in [0.29, 0.717) is 10.6 Å². The molecule has 0 spiro atoms. The highest BCUT2D eigenvalue weighted by atomic mass is 35.5. The van der Waals surface area contributed by atoms with Crippen LogP contribution in [0.2, 0.25) is 5.02 Å². The minimum atomic E-state index is -3.38. The van der Waals surface area contributed by atoms with E-state index in [4.69, 9.17) is 18.0 Å². The molecular weight excluding hydrogens is 220 g/mol. The Bertz CT molecular complexity index is 483. The summed E-state index contributed by atoms with van der Waals surface area (Å²) in [5.74, 6) is 1.82. The number of hydrogen-bond donors (Lipinski definition) is 0. The lowest BCUT2D eigenvalue weighted by molar-refractivity contribution is 0.599. The third-order valence-electron chi connectivity index (χ3n) is 1.83. The fourth-order valence-electron chi connectivity index (χ4n) is 1.11. The standard InChI is InChI=1S/C10H9ClO2S/c1-3-7-14(12,13)10-6-4-5-9(11)8(10)2/h1,4-6H,7H2,2H3. The van der Waals surface area contributed by atoms with E-state index in [1.807, 2.05) is 0 Å². The van der Waals surface area contributed by atoms with Crippen molar-refractivity contribution in [3.63, 3.8) is 0 Å². The molecule has 0 aromatic heterocycles. The van der Waals surface area contributed by atoms with Crippen LogP contribution in [0.1, 0.15) is 5.56 Å². The molecule has 0 saturated heterocycles. The minimum Gasteiger partial charge on any atom is -0.223 e. The Balaban J connectivity index is 3.35. The Hall–Kier alpha value is -0.980. The normalized spacial score (nSPS) is 10.9. The number of rotatable bonds is 2. The van der Waals surface area contributed by atoms with Gasteiger partial charge in [-0.1, -0.05) is 23.6 Å². The first-order valence-corrected chi connectivity index (χ1v) is 5.93. The fraction of sp³-hybridized carbons (Fsp3) is 0.200. The van der Waals surface area contributed by atoms with Gasteiger partial charge in [0.2, 0.25) is 0 Å². The molecule has 1 aromatic rings. The van der Waals surface area contributed by atoms with Gasteiger partial charge in [0.1, 0.15) is 5.75 Å². The maximum absolute atomic E-state index is 11.6. The molecule has 0 bridgehead atoms. The van der Waals surface area contributed by atoms with Crippen molar-refractivity contribution in [1.82, 2.24) is 0 Å². The Kier molecular flexibility index (Phi) is 3.20. The summed E-state index contributed by atoms with van der Waals surface area (Å²) >= 11 is 5.80. The average molecular weight is 229 g/mol. The monoisotopic (exact) mass is 228 g/mol. The van der Waals surface area contributed by atoms with E-state index in [1.165, 1.54) is 6.07 Å². The number of terminal acetylenes is 1. The van der Waals surface area contributed by atoms with E-state index < -0.39 is 9.84 Å². The van der Waals surface area contributed by atoms with Crippen LogP contribution >= 0.6 is 11.6 Å². The smallest absolute Gasteiger partial charge is 0.189 e. The van der Waals surface area contributed by atoms with Gasteiger partial charge in [-0.15, -0.1) is 6.42 Å². The number of benzene rings is 1. The van der Waals surface area contributed by atoms with Gasteiger partial charge in [0.15, 0.2) is 9.84 Å². The van der Waals surface area contributed by atoms with Gasteiger partial charge in [0, 0.05) is 5.02 Å². The molecule has 0 saturated carbocycles. The van der Waals surface area contributed by atoms with Gasteiger partial charge in [-0.3, -0.25) is 0 Å². The molecule has 2 nitrogen and oxygen atoms in total. The molecule has 0 aliphatic carbocycles. The lowest BCUT2D eigenvalue weighted by atomic mass is 10.2. The maximum atomic E-state index is 11.6. The van der Waals surface area contributed by atoms with Crippen molar-refractivity contribution in [2.24, 2.45) is 0 Å². The molecule has 0 fully saturated rings. The molecule has 0 heterocycles. The summed E-state index contributed by atoms with van der Waals surface area (Å²) in [4.78, 5) is 0.211. The van der Waals surface area contributed by atoms with Crippen molar-refractivity contribution in [3.8, 4) is 12.3 Å². The first-order valence-electron chi connectivity index (χ1n) is 3.90. The fourth-order valence-corrected chi connectivity index (χ4v) is 2.58. The van der Waals surface area contributed by atoms with Gasteiger partial charge in [-0.25, -0.2) is 8.42 Å². The highest BCUT2D eigenvalue weighted by Crippen LogP contribution is 2.23. The highest BCUT2D eigenvalue weighted by Gasteiger charge is 2.16. The summed E-state index contributed by atoms with van der Waals surface area (Å²) in [6.45, 7) is 1.66. The first kappa shape index (κ1) is 11.1. The minimum absolute atomic E-state index is 0.211. The van der Waals surface area contributed by atoms with Gasteiger partial charge in [-0.05, 0) is 24.6 Å². The molecule has 0 N–H and O–H groups in total. The first-order chi connectivity index (χ1) is 6.49. The van der Waals surface area contributed by atoms with Gasteiger partial charge in [-0.2, -0.15) is 0 Å². The second kappa shape index (κ2) is 4.04. The van der Waals surface area contributed by atoms with Crippen LogP contribution < -0.4 is 0 Å². The van der Waals surface area contributed by atoms with E-state index >= 15 is 0 Å². The Morgan fingerprint density at radius 3 is 2.71 bits per heavy atom. The average Bonchev–Trinajstić information content (AvgIpc) is 2.09.